The van der Waals surface area contributed by atoms with E-state index in [0.29, 0.717) is 6.04 Å². The molecule has 1 unspecified atom stereocenters. The van der Waals surface area contributed by atoms with E-state index in [1.807, 2.05) is 0 Å². The van der Waals surface area contributed by atoms with Crippen LogP contribution in [0.15, 0.2) is 24.4 Å². The zero-order valence-corrected chi connectivity index (χ0v) is 9.68. The highest BCUT2D eigenvalue weighted by molar-refractivity contribution is 5.12. The Morgan fingerprint density at radius 2 is 2.14 bits per heavy atom. The van der Waals surface area contributed by atoms with Crippen LogP contribution in [0.2, 0.25) is 0 Å². The van der Waals surface area contributed by atoms with Crippen molar-refractivity contribution in [1.82, 2.24) is 4.90 Å². The minimum atomic E-state index is 0.582. The van der Waals surface area contributed by atoms with Gasteiger partial charge >= 0.3 is 0 Å². The Kier molecular flexibility index (Phi) is 4.24. The highest BCUT2D eigenvalue weighted by Gasteiger charge is 2.25. The van der Waals surface area contributed by atoms with Gasteiger partial charge in [0, 0.05) is 18.3 Å². The third kappa shape index (κ3) is 2.63. The second kappa shape index (κ2) is 5.23. The Bertz CT molecular complexity index is 217. The molecular weight excluding hydrogens is 170 g/mol. The molecule has 0 saturated carbocycles. The summed E-state index contributed by atoms with van der Waals surface area (Å²) >= 11 is 0. The van der Waals surface area contributed by atoms with Crippen molar-refractivity contribution in [3.63, 3.8) is 0 Å². The molecule has 1 rings (SSSR count). The SMILES string of the molecule is C=C(CCCC)C1CCCN1C(=C)C. The van der Waals surface area contributed by atoms with Crippen LogP contribution in [-0.4, -0.2) is 17.5 Å². The Morgan fingerprint density at radius 1 is 1.43 bits per heavy atom. The molecule has 1 atom stereocenters. The average molecular weight is 193 g/mol. The maximum atomic E-state index is 4.22. The Labute approximate surface area is 88.5 Å². The van der Waals surface area contributed by atoms with E-state index < -0.39 is 0 Å². The maximum Gasteiger partial charge on any atom is 0.0497 e. The number of nitrogens with zero attached hydrogens (tertiary/aromatic N) is 1. The summed E-state index contributed by atoms with van der Waals surface area (Å²) in [5.74, 6) is 0. The van der Waals surface area contributed by atoms with Crippen LogP contribution < -0.4 is 0 Å². The predicted molar refractivity (Wildman–Crippen MR) is 63.2 cm³/mol. The molecule has 1 aliphatic heterocycles. The van der Waals surface area contributed by atoms with Gasteiger partial charge in [-0.1, -0.05) is 32.1 Å². The summed E-state index contributed by atoms with van der Waals surface area (Å²) in [4.78, 5) is 2.41. The molecule has 14 heavy (non-hydrogen) atoms. The number of hydrogen-bond acceptors (Lipinski definition) is 1. The lowest BCUT2D eigenvalue weighted by molar-refractivity contribution is 0.350. The second-order valence-electron chi connectivity index (χ2n) is 4.35. The number of hydrogen-bond donors (Lipinski definition) is 0. The Hall–Kier alpha value is -0.720. The smallest absolute Gasteiger partial charge is 0.0497 e. The first-order valence-electron chi connectivity index (χ1n) is 5.76. The third-order valence-corrected chi connectivity index (χ3v) is 3.07. The summed E-state index contributed by atoms with van der Waals surface area (Å²) in [5, 5.41) is 0. The first-order valence-corrected chi connectivity index (χ1v) is 5.76. The Balaban J connectivity index is 2.49. The molecule has 0 aromatic rings. The first-order chi connectivity index (χ1) is 6.66. The molecule has 0 aliphatic carbocycles. The van der Waals surface area contributed by atoms with Crippen molar-refractivity contribution in [3.05, 3.63) is 24.4 Å². The predicted octanol–water partition coefficient (Wildman–Crippen LogP) is 3.73. The second-order valence-corrected chi connectivity index (χ2v) is 4.35. The van der Waals surface area contributed by atoms with Gasteiger partial charge in [0.25, 0.3) is 0 Å². The fourth-order valence-electron chi connectivity index (χ4n) is 2.22. The minimum absolute atomic E-state index is 0.582. The van der Waals surface area contributed by atoms with Gasteiger partial charge in [-0.15, -0.1) is 0 Å². The van der Waals surface area contributed by atoms with Crippen molar-refractivity contribution in [2.45, 2.75) is 52.0 Å². The van der Waals surface area contributed by atoms with Crippen LogP contribution in [-0.2, 0) is 0 Å². The molecule has 0 aromatic heterocycles. The van der Waals surface area contributed by atoms with Crippen molar-refractivity contribution in [3.8, 4) is 0 Å². The molecule has 0 radical (unpaired) electrons. The third-order valence-electron chi connectivity index (χ3n) is 3.07. The highest BCUT2D eigenvalue weighted by atomic mass is 15.2. The molecular formula is C13H23N. The summed E-state index contributed by atoms with van der Waals surface area (Å²) < 4.78 is 0. The number of rotatable bonds is 5. The lowest BCUT2D eigenvalue weighted by Gasteiger charge is -2.28. The maximum absolute atomic E-state index is 4.22. The molecule has 0 bridgehead atoms. The van der Waals surface area contributed by atoms with Crippen molar-refractivity contribution < 1.29 is 0 Å². The van der Waals surface area contributed by atoms with Crippen LogP contribution >= 0.6 is 0 Å². The molecule has 1 fully saturated rings. The van der Waals surface area contributed by atoms with Gasteiger partial charge in [-0.3, -0.25) is 0 Å². The zero-order chi connectivity index (χ0) is 10.6. The van der Waals surface area contributed by atoms with E-state index in [4.69, 9.17) is 0 Å². The zero-order valence-electron chi connectivity index (χ0n) is 9.68. The van der Waals surface area contributed by atoms with Crippen LogP contribution in [0.5, 0.6) is 0 Å². The Morgan fingerprint density at radius 3 is 2.71 bits per heavy atom. The van der Waals surface area contributed by atoms with E-state index in [2.05, 4.69) is 31.9 Å². The van der Waals surface area contributed by atoms with Gasteiger partial charge in [-0.2, -0.15) is 0 Å². The molecule has 0 aromatic carbocycles. The summed E-state index contributed by atoms with van der Waals surface area (Å²) in [6.45, 7) is 13.8. The van der Waals surface area contributed by atoms with Gasteiger partial charge in [0.05, 0.1) is 0 Å². The summed E-state index contributed by atoms with van der Waals surface area (Å²) in [7, 11) is 0. The standard InChI is InChI=1S/C13H23N/c1-5-6-8-12(4)13-9-7-10-14(13)11(2)3/h13H,2,4-10H2,1,3H3. The number of allylic oxidation sites excluding steroid dienone is 1. The van der Waals surface area contributed by atoms with E-state index >= 15 is 0 Å². The summed E-state index contributed by atoms with van der Waals surface area (Å²) in [6.07, 6.45) is 6.29. The average Bonchev–Trinajstić information content (AvgIpc) is 2.62. The van der Waals surface area contributed by atoms with Gasteiger partial charge in [-0.25, -0.2) is 0 Å². The van der Waals surface area contributed by atoms with E-state index in [0.717, 1.165) is 0 Å². The lowest BCUT2D eigenvalue weighted by Crippen LogP contribution is -2.28. The molecule has 1 saturated heterocycles. The molecule has 1 heterocycles. The van der Waals surface area contributed by atoms with E-state index in [-0.39, 0.29) is 0 Å². The number of likely N-dealkylation sites (tertiary alicyclic amines) is 1. The topological polar surface area (TPSA) is 3.24 Å². The summed E-state index contributed by atoms with van der Waals surface area (Å²) in [5.41, 5.74) is 2.61. The fourth-order valence-corrected chi connectivity index (χ4v) is 2.22. The highest BCUT2D eigenvalue weighted by Crippen LogP contribution is 2.28. The lowest BCUT2D eigenvalue weighted by atomic mass is 10.0. The van der Waals surface area contributed by atoms with Crippen molar-refractivity contribution in [2.24, 2.45) is 0 Å². The van der Waals surface area contributed by atoms with Gasteiger partial charge in [-0.05, 0) is 32.6 Å². The van der Waals surface area contributed by atoms with E-state index in [9.17, 15) is 0 Å². The van der Waals surface area contributed by atoms with Crippen LogP contribution in [0, 0.1) is 0 Å². The van der Waals surface area contributed by atoms with Gasteiger partial charge in [0.1, 0.15) is 0 Å². The first kappa shape index (κ1) is 11.4. The van der Waals surface area contributed by atoms with Crippen LogP contribution in [0.3, 0.4) is 0 Å². The van der Waals surface area contributed by atoms with Crippen LogP contribution in [0.25, 0.3) is 0 Å². The fraction of sp³-hybridized carbons (Fsp3) is 0.692. The van der Waals surface area contributed by atoms with Gasteiger partial charge in [0.2, 0.25) is 0 Å². The van der Waals surface area contributed by atoms with E-state index in [1.54, 1.807) is 0 Å². The molecule has 1 nitrogen and oxygen atoms in total. The van der Waals surface area contributed by atoms with Gasteiger partial charge < -0.3 is 4.90 Å². The molecule has 0 N–H and O–H groups in total. The van der Waals surface area contributed by atoms with Crippen molar-refractivity contribution in [2.75, 3.05) is 6.54 Å². The normalized spacial score (nSPS) is 21.3. The van der Waals surface area contributed by atoms with Crippen molar-refractivity contribution in [1.29, 1.82) is 0 Å². The number of unbranched alkanes of at least 4 members (excludes halogenated alkanes) is 1. The summed E-state index contributed by atoms with van der Waals surface area (Å²) in [6, 6.07) is 0.582. The molecule has 0 amide bonds. The van der Waals surface area contributed by atoms with Crippen LogP contribution in [0.1, 0.15) is 46.0 Å². The largest absolute Gasteiger partial charge is 0.369 e. The quantitative estimate of drug-likeness (QED) is 0.601. The van der Waals surface area contributed by atoms with Gasteiger partial charge in [0.15, 0.2) is 0 Å². The molecule has 1 heteroatoms. The molecule has 1 aliphatic rings. The van der Waals surface area contributed by atoms with Crippen LogP contribution in [0.4, 0.5) is 0 Å². The minimum Gasteiger partial charge on any atom is -0.369 e. The molecule has 0 spiro atoms. The van der Waals surface area contributed by atoms with E-state index in [1.165, 1.54) is 49.9 Å². The molecule has 80 valence electrons. The van der Waals surface area contributed by atoms with Crippen molar-refractivity contribution >= 4 is 0 Å². The monoisotopic (exact) mass is 193 g/mol.